The number of benzene rings is 1. The van der Waals surface area contributed by atoms with Crippen molar-refractivity contribution in [3.63, 3.8) is 0 Å². The van der Waals surface area contributed by atoms with Gasteiger partial charge in [0.2, 0.25) is 0 Å². The highest BCUT2D eigenvalue weighted by molar-refractivity contribution is 6.74. The zero-order valence-corrected chi connectivity index (χ0v) is 18.6. The molecule has 0 bridgehead atoms. The number of esters is 1. The molecule has 5 nitrogen and oxygen atoms in total. The molecular formula is C21H34O5Si. The topological polar surface area (TPSA) is 65.0 Å². The van der Waals surface area contributed by atoms with Gasteiger partial charge in [-0.3, -0.25) is 0 Å². The van der Waals surface area contributed by atoms with Gasteiger partial charge >= 0.3 is 5.97 Å². The number of carbonyl (C=O) groups excluding carboxylic acids is 1. The van der Waals surface area contributed by atoms with Crippen LogP contribution in [-0.2, 0) is 13.9 Å². The van der Waals surface area contributed by atoms with Crippen molar-refractivity contribution >= 4 is 14.3 Å². The summed E-state index contributed by atoms with van der Waals surface area (Å²) in [5, 5.41) is 10.8. The maximum atomic E-state index is 12.4. The summed E-state index contributed by atoms with van der Waals surface area (Å²) in [5.41, 5.74) is 0.495. The van der Waals surface area contributed by atoms with Gasteiger partial charge in [-0.15, -0.1) is 0 Å². The van der Waals surface area contributed by atoms with Crippen LogP contribution in [0.1, 0.15) is 45.0 Å². The van der Waals surface area contributed by atoms with Crippen molar-refractivity contribution < 1.29 is 23.8 Å². The van der Waals surface area contributed by atoms with Crippen LogP contribution in [0.3, 0.4) is 0 Å². The molecule has 0 radical (unpaired) electrons. The molecule has 2 rings (SSSR count). The molecule has 2 unspecified atom stereocenters. The molecule has 1 saturated heterocycles. The Hall–Kier alpha value is -1.21. The highest BCUT2D eigenvalue weighted by atomic mass is 28.4. The molecule has 5 atom stereocenters. The van der Waals surface area contributed by atoms with Crippen LogP contribution in [0.5, 0.6) is 0 Å². The van der Waals surface area contributed by atoms with Gasteiger partial charge in [-0.25, -0.2) is 4.79 Å². The molecule has 1 fully saturated rings. The molecule has 1 heterocycles. The molecule has 152 valence electrons. The van der Waals surface area contributed by atoms with E-state index in [2.05, 4.69) is 33.9 Å². The average molecular weight is 395 g/mol. The second-order valence-corrected chi connectivity index (χ2v) is 13.8. The largest absolute Gasteiger partial charge is 0.456 e. The van der Waals surface area contributed by atoms with Crippen molar-refractivity contribution in [2.75, 3.05) is 6.61 Å². The normalized spacial score (nSPS) is 29.4. The molecule has 1 aliphatic rings. The van der Waals surface area contributed by atoms with E-state index in [4.69, 9.17) is 13.9 Å². The van der Waals surface area contributed by atoms with Crippen LogP contribution in [0.25, 0.3) is 0 Å². The van der Waals surface area contributed by atoms with Gasteiger partial charge in [0.05, 0.1) is 24.4 Å². The average Bonchev–Trinajstić information content (AvgIpc) is 2.60. The predicted octanol–water partition coefficient (Wildman–Crippen LogP) is 4.02. The van der Waals surface area contributed by atoms with Crippen molar-refractivity contribution in [2.24, 2.45) is 5.92 Å². The Morgan fingerprint density at radius 3 is 2.33 bits per heavy atom. The van der Waals surface area contributed by atoms with Gasteiger partial charge in [-0.1, -0.05) is 45.9 Å². The zero-order valence-electron chi connectivity index (χ0n) is 17.6. The Morgan fingerprint density at radius 2 is 1.78 bits per heavy atom. The number of hydrogen-bond acceptors (Lipinski definition) is 5. The highest BCUT2D eigenvalue weighted by Gasteiger charge is 2.45. The fourth-order valence-corrected chi connectivity index (χ4v) is 4.02. The van der Waals surface area contributed by atoms with E-state index in [9.17, 15) is 9.90 Å². The molecule has 0 saturated carbocycles. The molecule has 1 aromatic rings. The van der Waals surface area contributed by atoms with E-state index in [1.165, 1.54) is 0 Å². The van der Waals surface area contributed by atoms with E-state index in [0.29, 0.717) is 12.2 Å². The van der Waals surface area contributed by atoms with Crippen LogP contribution in [0.2, 0.25) is 18.1 Å². The van der Waals surface area contributed by atoms with E-state index in [1.54, 1.807) is 24.3 Å². The summed E-state index contributed by atoms with van der Waals surface area (Å²) in [6, 6.07) is 8.87. The van der Waals surface area contributed by atoms with Gasteiger partial charge in [-0.05, 0) is 37.2 Å². The molecule has 6 heteroatoms. The second-order valence-electron chi connectivity index (χ2n) is 9.04. The predicted molar refractivity (Wildman–Crippen MR) is 108 cm³/mol. The Bertz CT molecular complexity index is 625. The molecule has 1 N–H and O–H groups in total. The maximum absolute atomic E-state index is 12.4. The zero-order chi connectivity index (χ0) is 20.4. The van der Waals surface area contributed by atoms with Crippen LogP contribution in [-0.4, -0.2) is 50.4 Å². The van der Waals surface area contributed by atoms with Crippen molar-refractivity contribution in [3.05, 3.63) is 35.9 Å². The van der Waals surface area contributed by atoms with Gasteiger partial charge in [0.15, 0.2) is 8.32 Å². The highest BCUT2D eigenvalue weighted by Crippen LogP contribution is 2.37. The van der Waals surface area contributed by atoms with Crippen molar-refractivity contribution in [2.45, 2.75) is 77.2 Å². The van der Waals surface area contributed by atoms with Crippen LogP contribution in [0, 0.1) is 5.92 Å². The monoisotopic (exact) mass is 394 g/mol. The lowest BCUT2D eigenvalue weighted by molar-refractivity contribution is -0.198. The number of hydrogen-bond donors (Lipinski definition) is 1. The second kappa shape index (κ2) is 8.43. The fraction of sp³-hybridized carbons (Fsp3) is 0.667. The molecule has 1 aromatic carbocycles. The molecule has 27 heavy (non-hydrogen) atoms. The molecule has 0 aromatic heterocycles. The standard InChI is InChI=1S/C21H34O5Si/c1-14-18(22)17(13-24-27(6,7)21(3,4)5)25-15(2)19(14)26-20(23)16-11-9-8-10-12-16/h8-12,14-15,17-19,22H,13H2,1-7H3/t14-,15-,17?,18+,19?/m0/s1. The van der Waals surface area contributed by atoms with Crippen molar-refractivity contribution in [3.8, 4) is 0 Å². The van der Waals surface area contributed by atoms with Gasteiger partial charge < -0.3 is 19.0 Å². The van der Waals surface area contributed by atoms with Gasteiger partial charge in [0.1, 0.15) is 12.2 Å². The Morgan fingerprint density at radius 1 is 1.19 bits per heavy atom. The quantitative estimate of drug-likeness (QED) is 0.604. The third-order valence-electron chi connectivity index (χ3n) is 5.96. The first-order chi connectivity index (χ1) is 12.4. The lowest BCUT2D eigenvalue weighted by atomic mass is 9.88. The summed E-state index contributed by atoms with van der Waals surface area (Å²) in [6.07, 6.45) is -1.99. The summed E-state index contributed by atoms with van der Waals surface area (Å²) in [7, 11) is -1.93. The van der Waals surface area contributed by atoms with Crippen LogP contribution < -0.4 is 0 Å². The van der Waals surface area contributed by atoms with E-state index in [-0.39, 0.29) is 17.1 Å². The third-order valence-corrected chi connectivity index (χ3v) is 10.5. The van der Waals surface area contributed by atoms with E-state index in [0.717, 1.165) is 0 Å². The minimum Gasteiger partial charge on any atom is -0.456 e. The number of carbonyl (C=O) groups is 1. The number of rotatable bonds is 5. The van der Waals surface area contributed by atoms with E-state index < -0.39 is 32.6 Å². The first kappa shape index (κ1) is 22.1. The molecule has 1 aliphatic heterocycles. The Kier molecular flexibility index (Phi) is 6.89. The number of aliphatic hydroxyl groups excluding tert-OH is 1. The Balaban J connectivity index is 2.00. The molecule has 0 spiro atoms. The van der Waals surface area contributed by atoms with Gasteiger partial charge in [0, 0.05) is 5.92 Å². The molecule has 0 aliphatic carbocycles. The lowest BCUT2D eigenvalue weighted by Crippen LogP contribution is -2.56. The molecular weight excluding hydrogens is 360 g/mol. The first-order valence-electron chi connectivity index (χ1n) is 9.67. The maximum Gasteiger partial charge on any atom is 0.338 e. The summed E-state index contributed by atoms with van der Waals surface area (Å²) >= 11 is 0. The fourth-order valence-electron chi connectivity index (χ4n) is 3.01. The minimum absolute atomic E-state index is 0.0948. The number of aliphatic hydroxyl groups is 1. The minimum atomic E-state index is -1.93. The lowest BCUT2D eigenvalue weighted by Gasteiger charge is -2.44. The van der Waals surface area contributed by atoms with Gasteiger partial charge in [0.25, 0.3) is 0 Å². The first-order valence-corrected chi connectivity index (χ1v) is 12.6. The summed E-state index contributed by atoms with van der Waals surface area (Å²) in [5.74, 6) is -0.638. The van der Waals surface area contributed by atoms with E-state index in [1.807, 2.05) is 19.9 Å². The number of ether oxygens (including phenoxy) is 2. The smallest absolute Gasteiger partial charge is 0.338 e. The van der Waals surface area contributed by atoms with E-state index >= 15 is 0 Å². The van der Waals surface area contributed by atoms with Crippen molar-refractivity contribution in [1.82, 2.24) is 0 Å². The summed E-state index contributed by atoms with van der Waals surface area (Å²) in [6.45, 7) is 15.0. The Labute approximate surface area is 164 Å². The summed E-state index contributed by atoms with van der Waals surface area (Å²) < 4.78 is 17.9. The van der Waals surface area contributed by atoms with Crippen LogP contribution in [0.15, 0.2) is 30.3 Å². The third kappa shape index (κ3) is 5.19. The van der Waals surface area contributed by atoms with Gasteiger partial charge in [-0.2, -0.15) is 0 Å². The van der Waals surface area contributed by atoms with Crippen LogP contribution >= 0.6 is 0 Å². The summed E-state index contributed by atoms with van der Waals surface area (Å²) in [4.78, 5) is 12.4. The SMILES string of the molecule is C[C@@H]1OC(CO[Si](C)(C)C(C)(C)C)[C@H](O)[C@H](C)C1OC(=O)c1ccccc1. The molecule has 0 amide bonds. The van der Waals surface area contributed by atoms with Crippen LogP contribution in [0.4, 0.5) is 0 Å². The van der Waals surface area contributed by atoms with Crippen molar-refractivity contribution in [1.29, 1.82) is 0 Å².